The molecule has 260 valence electrons. The number of furan rings is 1. The minimum absolute atomic E-state index is 0.125. The Bertz CT molecular complexity index is 3300. The van der Waals surface area contributed by atoms with Gasteiger partial charge in [0.2, 0.25) is 0 Å². The third kappa shape index (κ3) is 4.53. The van der Waals surface area contributed by atoms with Crippen LogP contribution in [-0.4, -0.2) is 4.40 Å². The van der Waals surface area contributed by atoms with Crippen molar-refractivity contribution in [3.63, 3.8) is 0 Å². The molecule has 0 radical (unpaired) electrons. The van der Waals surface area contributed by atoms with Gasteiger partial charge in [0.25, 0.3) is 0 Å². The fourth-order valence-corrected chi connectivity index (χ4v) is 8.95. The Morgan fingerprint density at radius 3 is 1.50 bits per heavy atom. The Morgan fingerprint density at radius 2 is 0.926 bits per heavy atom. The molecule has 11 aromatic rings. The van der Waals surface area contributed by atoms with Crippen molar-refractivity contribution in [2.45, 2.75) is 52.4 Å². The summed E-state index contributed by atoms with van der Waals surface area (Å²) in [6.45, 7) is 13.6. The molecule has 0 aliphatic carbocycles. The number of hydrogen-bond acceptors (Lipinski definition) is 1. The average molecular weight is 696 g/mol. The van der Waals surface area contributed by atoms with Gasteiger partial charge in [0.15, 0.2) is 0 Å². The standard InChI is InChI=1S/C52H41NO/c1-51(2,3)38-19-15-30(16-20-38)32-11-13-34-27-45-41(25-36(34)23-32)42-29-43-40-9-7-8-10-47(40)54-50(43)48-44-26-37-24-33(31-17-21-39(22-18-31)52(4,5)6)12-14-35(37)28-46(44)53(45)49(42)48/h7-29H,1-6H3. The second-order valence-corrected chi connectivity index (χ2v) is 17.5. The lowest BCUT2D eigenvalue weighted by Crippen LogP contribution is -2.10. The first-order valence-electron chi connectivity index (χ1n) is 19.2. The third-order valence-corrected chi connectivity index (χ3v) is 12.0. The molecule has 0 saturated carbocycles. The molecule has 8 aromatic carbocycles. The van der Waals surface area contributed by atoms with E-state index < -0.39 is 0 Å². The molecule has 0 spiro atoms. The second kappa shape index (κ2) is 10.7. The van der Waals surface area contributed by atoms with E-state index in [0.29, 0.717) is 0 Å². The third-order valence-electron chi connectivity index (χ3n) is 12.0. The Kier molecular flexibility index (Phi) is 6.24. The van der Waals surface area contributed by atoms with Crippen LogP contribution in [0.5, 0.6) is 0 Å². The van der Waals surface area contributed by atoms with Crippen LogP contribution in [0.2, 0.25) is 0 Å². The number of fused-ring (bicyclic) bond motifs is 12. The predicted octanol–water partition coefficient (Wildman–Crippen LogP) is 15.0. The van der Waals surface area contributed by atoms with Crippen molar-refractivity contribution in [3.05, 3.63) is 151 Å². The first-order chi connectivity index (χ1) is 26.0. The molecule has 54 heavy (non-hydrogen) atoms. The van der Waals surface area contributed by atoms with Crippen LogP contribution in [0, 0.1) is 0 Å². The molecular weight excluding hydrogens is 655 g/mol. The van der Waals surface area contributed by atoms with Gasteiger partial charge >= 0.3 is 0 Å². The van der Waals surface area contributed by atoms with Crippen LogP contribution in [0.1, 0.15) is 52.7 Å². The molecule has 11 rings (SSSR count). The van der Waals surface area contributed by atoms with Crippen LogP contribution in [0.3, 0.4) is 0 Å². The number of para-hydroxylation sites is 1. The smallest absolute Gasteiger partial charge is 0.145 e. The monoisotopic (exact) mass is 695 g/mol. The molecule has 0 aliphatic rings. The highest BCUT2D eigenvalue weighted by Gasteiger charge is 2.24. The Hall–Kier alpha value is -6.12. The van der Waals surface area contributed by atoms with E-state index in [1.54, 1.807) is 0 Å². The number of aromatic nitrogens is 1. The van der Waals surface area contributed by atoms with Gasteiger partial charge in [0.05, 0.1) is 21.9 Å². The molecule has 0 unspecified atom stereocenters. The van der Waals surface area contributed by atoms with E-state index in [2.05, 4.69) is 185 Å². The number of benzene rings is 8. The van der Waals surface area contributed by atoms with Gasteiger partial charge in [-0.15, -0.1) is 0 Å². The maximum atomic E-state index is 6.77. The quantitative estimate of drug-likeness (QED) is 0.176. The highest BCUT2D eigenvalue weighted by atomic mass is 16.3. The van der Waals surface area contributed by atoms with E-state index in [9.17, 15) is 0 Å². The van der Waals surface area contributed by atoms with Gasteiger partial charge in [-0.25, -0.2) is 0 Å². The van der Waals surface area contributed by atoms with Crippen molar-refractivity contribution < 1.29 is 4.42 Å². The molecular formula is C52H41NO. The van der Waals surface area contributed by atoms with Gasteiger partial charge in [-0.3, -0.25) is 0 Å². The summed E-state index contributed by atoms with van der Waals surface area (Å²) in [4.78, 5) is 0. The summed E-state index contributed by atoms with van der Waals surface area (Å²) in [7, 11) is 0. The largest absolute Gasteiger partial charge is 0.455 e. The van der Waals surface area contributed by atoms with E-state index in [0.717, 1.165) is 16.6 Å². The number of rotatable bonds is 2. The summed E-state index contributed by atoms with van der Waals surface area (Å²) in [6, 6.07) is 52.4. The van der Waals surface area contributed by atoms with Gasteiger partial charge < -0.3 is 8.82 Å². The van der Waals surface area contributed by atoms with Crippen molar-refractivity contribution in [2.75, 3.05) is 0 Å². The first-order valence-corrected chi connectivity index (χ1v) is 19.2. The van der Waals surface area contributed by atoms with Gasteiger partial charge in [-0.2, -0.15) is 0 Å². The molecule has 0 fully saturated rings. The second-order valence-electron chi connectivity index (χ2n) is 17.5. The molecule has 0 saturated heterocycles. The number of nitrogens with zero attached hydrogens (tertiary/aromatic N) is 1. The van der Waals surface area contributed by atoms with Crippen LogP contribution >= 0.6 is 0 Å². The molecule has 3 aromatic heterocycles. The molecule has 0 N–H and O–H groups in total. The van der Waals surface area contributed by atoms with Crippen molar-refractivity contribution in [1.29, 1.82) is 0 Å². The van der Waals surface area contributed by atoms with E-state index in [-0.39, 0.29) is 10.8 Å². The lowest BCUT2D eigenvalue weighted by Gasteiger charge is -2.19. The van der Waals surface area contributed by atoms with Gasteiger partial charge in [-0.05, 0) is 114 Å². The lowest BCUT2D eigenvalue weighted by molar-refractivity contribution is 0.590. The molecule has 0 atom stereocenters. The van der Waals surface area contributed by atoms with Crippen molar-refractivity contribution in [3.8, 4) is 22.3 Å². The normalized spacial score (nSPS) is 13.0. The minimum Gasteiger partial charge on any atom is -0.455 e. The zero-order valence-electron chi connectivity index (χ0n) is 31.6. The Morgan fingerprint density at radius 1 is 0.407 bits per heavy atom. The highest BCUT2D eigenvalue weighted by molar-refractivity contribution is 6.34. The van der Waals surface area contributed by atoms with E-state index in [4.69, 9.17) is 4.42 Å². The van der Waals surface area contributed by atoms with Crippen LogP contribution < -0.4 is 0 Å². The zero-order chi connectivity index (χ0) is 36.7. The molecule has 2 nitrogen and oxygen atoms in total. The van der Waals surface area contributed by atoms with Crippen LogP contribution in [-0.2, 0) is 10.8 Å². The highest BCUT2D eigenvalue weighted by Crippen LogP contribution is 2.47. The Labute approximate surface area is 314 Å². The number of hydrogen-bond donors (Lipinski definition) is 0. The molecule has 0 aliphatic heterocycles. The average Bonchev–Trinajstić information content (AvgIpc) is 3.81. The zero-order valence-corrected chi connectivity index (χ0v) is 31.6. The fraction of sp³-hybridized carbons (Fsp3) is 0.154. The van der Waals surface area contributed by atoms with E-state index in [1.165, 1.54) is 98.4 Å². The summed E-state index contributed by atoms with van der Waals surface area (Å²) in [5, 5.41) is 12.2. The maximum absolute atomic E-state index is 6.77. The van der Waals surface area contributed by atoms with Crippen molar-refractivity contribution in [2.24, 2.45) is 0 Å². The molecule has 0 amide bonds. The molecule has 2 heteroatoms. The first kappa shape index (κ1) is 31.4. The van der Waals surface area contributed by atoms with E-state index in [1.807, 2.05) is 0 Å². The van der Waals surface area contributed by atoms with Crippen LogP contribution in [0.15, 0.2) is 144 Å². The van der Waals surface area contributed by atoms with E-state index >= 15 is 0 Å². The van der Waals surface area contributed by atoms with Crippen LogP contribution in [0.4, 0.5) is 0 Å². The SMILES string of the molecule is CC(C)(C)c1ccc(-c2ccc3cc4c(cc3c2)c2cc3c5ccccc5oc3c3c5cc6cc(-c7ccc(C(C)(C)C)cc7)ccc6cc5n4c23)cc1. The molecule has 0 bridgehead atoms. The van der Waals surface area contributed by atoms with Gasteiger partial charge in [-0.1, -0.05) is 133 Å². The summed E-state index contributed by atoms with van der Waals surface area (Å²) in [5.74, 6) is 0. The summed E-state index contributed by atoms with van der Waals surface area (Å²) < 4.78 is 9.27. The summed E-state index contributed by atoms with van der Waals surface area (Å²) >= 11 is 0. The van der Waals surface area contributed by atoms with Crippen molar-refractivity contribution in [1.82, 2.24) is 4.40 Å². The minimum atomic E-state index is 0.125. The lowest BCUT2D eigenvalue weighted by atomic mass is 9.86. The Balaban J connectivity index is 1.17. The van der Waals surface area contributed by atoms with Crippen molar-refractivity contribution >= 4 is 81.6 Å². The van der Waals surface area contributed by atoms with Gasteiger partial charge in [0.1, 0.15) is 11.2 Å². The predicted molar refractivity (Wildman–Crippen MR) is 232 cm³/mol. The molecule has 3 heterocycles. The topological polar surface area (TPSA) is 17.6 Å². The van der Waals surface area contributed by atoms with Gasteiger partial charge in [0, 0.05) is 26.9 Å². The van der Waals surface area contributed by atoms with Crippen LogP contribution in [0.25, 0.3) is 104 Å². The fourth-order valence-electron chi connectivity index (χ4n) is 8.95. The summed E-state index contributed by atoms with van der Waals surface area (Å²) in [5.41, 5.74) is 13.5. The maximum Gasteiger partial charge on any atom is 0.145 e. The summed E-state index contributed by atoms with van der Waals surface area (Å²) in [6.07, 6.45) is 0.